The number of aliphatic imine (C=N–C) groups is 1. The Morgan fingerprint density at radius 3 is 2.50 bits per heavy atom. The normalized spacial score (nSPS) is 28.3. The summed E-state index contributed by atoms with van der Waals surface area (Å²) in [6.07, 6.45) is 3.87. The molecule has 1 atom stereocenters. The average molecular weight is 201 g/mol. The summed E-state index contributed by atoms with van der Waals surface area (Å²) in [6.45, 7) is 7.29. The topological polar surface area (TPSA) is 12.4 Å². The SMILES string of the molecule is C/N=C1\CCC(S[Si](C)(C)C)C1. The Bertz CT molecular complexity index is 183. The molecular weight excluding hydrogens is 182 g/mol. The first-order chi connectivity index (χ1) is 5.51. The van der Waals surface area contributed by atoms with Crippen molar-refractivity contribution in [1.29, 1.82) is 0 Å². The van der Waals surface area contributed by atoms with Crippen LogP contribution in [-0.4, -0.2) is 25.2 Å². The van der Waals surface area contributed by atoms with Gasteiger partial charge in [-0.25, -0.2) is 0 Å². The van der Waals surface area contributed by atoms with Crippen LogP contribution >= 0.6 is 11.2 Å². The minimum atomic E-state index is -0.903. The lowest BCUT2D eigenvalue weighted by atomic mass is 10.3. The fourth-order valence-corrected chi connectivity index (χ4v) is 6.71. The third-order valence-corrected chi connectivity index (χ3v) is 6.62. The van der Waals surface area contributed by atoms with Gasteiger partial charge in [-0.3, -0.25) is 4.99 Å². The summed E-state index contributed by atoms with van der Waals surface area (Å²) in [7, 11) is 1.02. The van der Waals surface area contributed by atoms with Gasteiger partial charge < -0.3 is 0 Å². The van der Waals surface area contributed by atoms with Crippen molar-refractivity contribution >= 4 is 24.1 Å². The van der Waals surface area contributed by atoms with Crippen LogP contribution in [0.15, 0.2) is 4.99 Å². The molecule has 1 fully saturated rings. The molecule has 12 heavy (non-hydrogen) atoms. The average Bonchev–Trinajstić information content (AvgIpc) is 2.32. The second-order valence-corrected chi connectivity index (χ2v) is 13.9. The fraction of sp³-hybridized carbons (Fsp3) is 0.889. The van der Waals surface area contributed by atoms with Gasteiger partial charge in [0.1, 0.15) is 7.22 Å². The van der Waals surface area contributed by atoms with Gasteiger partial charge in [-0.2, -0.15) is 11.2 Å². The van der Waals surface area contributed by atoms with Crippen molar-refractivity contribution in [2.24, 2.45) is 4.99 Å². The number of nitrogens with zero attached hydrogens (tertiary/aromatic N) is 1. The zero-order valence-corrected chi connectivity index (χ0v) is 10.4. The van der Waals surface area contributed by atoms with Crippen molar-refractivity contribution in [2.75, 3.05) is 7.05 Å². The molecule has 0 heterocycles. The quantitative estimate of drug-likeness (QED) is 0.625. The third-order valence-electron chi connectivity index (χ3n) is 2.05. The van der Waals surface area contributed by atoms with Crippen LogP contribution in [0.2, 0.25) is 19.6 Å². The van der Waals surface area contributed by atoms with Gasteiger partial charge in [0.05, 0.1) is 0 Å². The van der Waals surface area contributed by atoms with E-state index in [0.717, 1.165) is 5.25 Å². The molecule has 0 N–H and O–H groups in total. The molecule has 0 amide bonds. The van der Waals surface area contributed by atoms with Gasteiger partial charge in [0.2, 0.25) is 0 Å². The molecule has 0 saturated heterocycles. The molecule has 70 valence electrons. The predicted octanol–water partition coefficient (Wildman–Crippen LogP) is 3.18. The van der Waals surface area contributed by atoms with Crippen molar-refractivity contribution in [3.63, 3.8) is 0 Å². The first-order valence-corrected chi connectivity index (χ1v) is 9.74. The van der Waals surface area contributed by atoms with Crippen LogP contribution < -0.4 is 0 Å². The van der Waals surface area contributed by atoms with Crippen molar-refractivity contribution in [3.05, 3.63) is 0 Å². The van der Waals surface area contributed by atoms with Gasteiger partial charge in [0, 0.05) is 18.0 Å². The maximum atomic E-state index is 4.29. The zero-order chi connectivity index (χ0) is 9.19. The smallest absolute Gasteiger partial charge is 0.108 e. The van der Waals surface area contributed by atoms with Crippen LogP contribution in [0, 0.1) is 0 Å². The molecule has 3 heteroatoms. The Morgan fingerprint density at radius 1 is 1.42 bits per heavy atom. The summed E-state index contributed by atoms with van der Waals surface area (Å²) < 4.78 is 0. The highest BCUT2D eigenvalue weighted by atomic mass is 32.4. The summed E-state index contributed by atoms with van der Waals surface area (Å²) in [4.78, 5) is 4.29. The number of hydrogen-bond acceptors (Lipinski definition) is 2. The lowest BCUT2D eigenvalue weighted by Crippen LogP contribution is -2.18. The van der Waals surface area contributed by atoms with Crippen LogP contribution in [0.5, 0.6) is 0 Å². The number of hydrogen-bond donors (Lipinski definition) is 0. The van der Waals surface area contributed by atoms with Gasteiger partial charge in [-0.1, -0.05) is 19.6 Å². The van der Waals surface area contributed by atoms with Crippen LogP contribution in [0.3, 0.4) is 0 Å². The minimum Gasteiger partial charge on any atom is -0.297 e. The molecule has 1 saturated carbocycles. The van der Waals surface area contributed by atoms with E-state index in [0.29, 0.717) is 0 Å². The Labute approximate surface area is 80.7 Å². The van der Waals surface area contributed by atoms with E-state index in [4.69, 9.17) is 0 Å². The first-order valence-electron chi connectivity index (χ1n) is 4.63. The van der Waals surface area contributed by atoms with E-state index in [1.807, 2.05) is 7.05 Å². The van der Waals surface area contributed by atoms with Gasteiger partial charge in [-0.15, -0.1) is 0 Å². The second kappa shape index (κ2) is 3.96. The van der Waals surface area contributed by atoms with Crippen molar-refractivity contribution in [2.45, 2.75) is 44.2 Å². The lowest BCUT2D eigenvalue weighted by molar-refractivity contribution is 0.911. The number of rotatable bonds is 2. The maximum Gasteiger partial charge on any atom is 0.108 e. The van der Waals surface area contributed by atoms with Crippen LogP contribution in [-0.2, 0) is 0 Å². The van der Waals surface area contributed by atoms with Crippen molar-refractivity contribution < 1.29 is 0 Å². The first kappa shape index (κ1) is 10.3. The Balaban J connectivity index is 2.38. The molecule has 0 aliphatic heterocycles. The van der Waals surface area contributed by atoms with Crippen LogP contribution in [0.1, 0.15) is 19.3 Å². The third kappa shape index (κ3) is 3.31. The monoisotopic (exact) mass is 201 g/mol. The molecular formula is C9H19NSSi. The van der Waals surface area contributed by atoms with Crippen LogP contribution in [0.4, 0.5) is 0 Å². The maximum absolute atomic E-state index is 4.29. The van der Waals surface area contributed by atoms with E-state index >= 15 is 0 Å². The summed E-state index contributed by atoms with van der Waals surface area (Å²) in [5, 5.41) is 0.885. The highest BCUT2D eigenvalue weighted by molar-refractivity contribution is 8.29. The Morgan fingerprint density at radius 2 is 2.08 bits per heavy atom. The highest BCUT2D eigenvalue weighted by Gasteiger charge is 2.26. The molecule has 0 bridgehead atoms. The fourth-order valence-electron chi connectivity index (χ4n) is 1.60. The molecule has 0 aromatic rings. The molecule has 1 rings (SSSR count). The molecule has 0 spiro atoms. The van der Waals surface area contributed by atoms with E-state index in [9.17, 15) is 0 Å². The molecule has 1 aliphatic carbocycles. The summed E-state index contributed by atoms with van der Waals surface area (Å²) >= 11 is 2.24. The summed E-state index contributed by atoms with van der Waals surface area (Å²) in [5.74, 6) is 0. The van der Waals surface area contributed by atoms with E-state index in [1.165, 1.54) is 25.0 Å². The molecule has 1 nitrogen and oxygen atoms in total. The van der Waals surface area contributed by atoms with Crippen LogP contribution in [0.25, 0.3) is 0 Å². The van der Waals surface area contributed by atoms with Gasteiger partial charge in [0.15, 0.2) is 0 Å². The molecule has 1 unspecified atom stereocenters. The van der Waals surface area contributed by atoms with Gasteiger partial charge in [-0.05, 0) is 19.3 Å². The van der Waals surface area contributed by atoms with E-state index in [2.05, 4.69) is 35.8 Å². The molecule has 0 aromatic carbocycles. The molecule has 1 aliphatic rings. The second-order valence-electron chi connectivity index (χ2n) is 4.38. The zero-order valence-electron chi connectivity index (χ0n) is 8.55. The Kier molecular flexibility index (Phi) is 3.41. The van der Waals surface area contributed by atoms with Crippen molar-refractivity contribution in [3.8, 4) is 0 Å². The minimum absolute atomic E-state index is 0.885. The summed E-state index contributed by atoms with van der Waals surface area (Å²) in [6, 6.07) is 0. The Hall–Kier alpha value is 0.237. The largest absolute Gasteiger partial charge is 0.297 e. The molecule has 0 radical (unpaired) electrons. The standard InChI is InChI=1S/C9H19NSSi/c1-10-8-5-6-9(7-8)11-12(2,3)4/h9H,5-7H2,1-4H3/b10-8+. The molecule has 0 aromatic heterocycles. The van der Waals surface area contributed by atoms with E-state index < -0.39 is 7.22 Å². The lowest BCUT2D eigenvalue weighted by Gasteiger charge is -2.19. The van der Waals surface area contributed by atoms with Gasteiger partial charge in [0.25, 0.3) is 0 Å². The van der Waals surface area contributed by atoms with E-state index in [1.54, 1.807) is 0 Å². The van der Waals surface area contributed by atoms with Crippen molar-refractivity contribution in [1.82, 2.24) is 0 Å². The van der Waals surface area contributed by atoms with Gasteiger partial charge >= 0.3 is 0 Å². The predicted molar refractivity (Wildman–Crippen MR) is 61.9 cm³/mol. The summed E-state index contributed by atoms with van der Waals surface area (Å²) in [5.41, 5.74) is 1.44. The highest BCUT2D eigenvalue weighted by Crippen LogP contribution is 2.34. The van der Waals surface area contributed by atoms with E-state index in [-0.39, 0.29) is 0 Å².